The molecular formula is C28H32ClFN4O2. The summed E-state index contributed by atoms with van der Waals surface area (Å²) in [6, 6.07) is 12.2. The lowest BCUT2D eigenvalue weighted by molar-refractivity contribution is -0.113. The molecule has 1 amide bonds. The van der Waals surface area contributed by atoms with Crippen LogP contribution in [-0.4, -0.2) is 83.8 Å². The second kappa shape index (κ2) is 10.7. The maximum Gasteiger partial charge on any atom is 0.256 e. The molecule has 2 aromatic carbocycles. The van der Waals surface area contributed by atoms with Crippen LogP contribution in [0.1, 0.15) is 34.7 Å². The summed E-state index contributed by atoms with van der Waals surface area (Å²) in [5.74, 6) is -0.0880. The number of hydrogen-bond acceptors (Lipinski definition) is 4. The minimum absolute atomic E-state index is 0.0321. The first-order valence-electron chi connectivity index (χ1n) is 12.6. The van der Waals surface area contributed by atoms with Gasteiger partial charge in [0.25, 0.3) is 5.91 Å². The predicted octanol–water partition coefficient (Wildman–Crippen LogP) is 4.27. The van der Waals surface area contributed by atoms with E-state index in [0.717, 1.165) is 61.8 Å². The molecule has 5 rings (SSSR count). The Morgan fingerprint density at radius 2 is 1.81 bits per heavy atom. The van der Waals surface area contributed by atoms with Crippen LogP contribution in [0, 0.1) is 5.82 Å². The minimum Gasteiger partial charge on any atom is -0.345 e. The number of aromatic nitrogens is 1. The molecular weight excluding hydrogens is 479 g/mol. The molecule has 2 aliphatic heterocycles. The lowest BCUT2D eigenvalue weighted by Crippen LogP contribution is -2.50. The normalized spacial score (nSPS) is 19.0. The summed E-state index contributed by atoms with van der Waals surface area (Å²) in [4.78, 5) is 32.0. The highest BCUT2D eigenvalue weighted by Gasteiger charge is 2.29. The van der Waals surface area contributed by atoms with Crippen LogP contribution in [0.4, 0.5) is 4.39 Å². The van der Waals surface area contributed by atoms with E-state index in [-0.39, 0.29) is 23.7 Å². The van der Waals surface area contributed by atoms with E-state index in [1.165, 1.54) is 6.07 Å². The smallest absolute Gasteiger partial charge is 0.256 e. The number of carbonyl (C=O) groups excluding carboxylic acids is 2. The molecule has 0 spiro atoms. The summed E-state index contributed by atoms with van der Waals surface area (Å²) in [5.41, 5.74) is 2.21. The first-order chi connectivity index (χ1) is 17.4. The number of likely N-dealkylation sites (N-methyl/N-ethyl adjacent to an activating group) is 1. The van der Waals surface area contributed by atoms with Crippen molar-refractivity contribution >= 4 is 34.7 Å². The van der Waals surface area contributed by atoms with Crippen molar-refractivity contribution in [3.63, 3.8) is 0 Å². The van der Waals surface area contributed by atoms with Gasteiger partial charge >= 0.3 is 0 Å². The van der Waals surface area contributed by atoms with Crippen molar-refractivity contribution in [1.82, 2.24) is 19.3 Å². The lowest BCUT2D eigenvalue weighted by atomic mass is 9.89. The second-order valence-corrected chi connectivity index (χ2v) is 10.4. The molecule has 0 saturated carbocycles. The predicted molar refractivity (Wildman–Crippen MR) is 140 cm³/mol. The molecule has 36 heavy (non-hydrogen) atoms. The van der Waals surface area contributed by atoms with Gasteiger partial charge in [0.05, 0.1) is 17.1 Å². The highest BCUT2D eigenvalue weighted by Crippen LogP contribution is 2.32. The van der Waals surface area contributed by atoms with Crippen molar-refractivity contribution in [3.05, 3.63) is 70.6 Å². The van der Waals surface area contributed by atoms with Crippen LogP contribution >= 0.6 is 11.6 Å². The molecule has 1 atom stereocenters. The summed E-state index contributed by atoms with van der Waals surface area (Å²) < 4.78 is 16.3. The zero-order valence-electron chi connectivity index (χ0n) is 20.6. The van der Waals surface area contributed by atoms with Crippen LogP contribution in [0.15, 0.2) is 48.7 Å². The summed E-state index contributed by atoms with van der Waals surface area (Å²) in [6.45, 7) is 5.15. The van der Waals surface area contributed by atoms with Crippen molar-refractivity contribution in [2.45, 2.75) is 31.3 Å². The number of piperazine rings is 1. The van der Waals surface area contributed by atoms with Gasteiger partial charge in [-0.2, -0.15) is 0 Å². The Kier molecular flexibility index (Phi) is 7.42. The van der Waals surface area contributed by atoms with E-state index in [1.807, 2.05) is 39.9 Å². The third kappa shape index (κ3) is 5.05. The zero-order valence-corrected chi connectivity index (χ0v) is 21.3. The van der Waals surface area contributed by atoms with Gasteiger partial charge in [-0.15, -0.1) is 0 Å². The van der Waals surface area contributed by atoms with Crippen LogP contribution in [0.25, 0.3) is 10.9 Å². The number of piperidine rings is 1. The molecule has 8 heteroatoms. The fourth-order valence-electron chi connectivity index (χ4n) is 5.56. The van der Waals surface area contributed by atoms with Gasteiger partial charge in [0.2, 0.25) is 0 Å². The number of fused-ring (bicyclic) bond motifs is 1. The number of rotatable bonds is 6. The fourth-order valence-corrected chi connectivity index (χ4v) is 5.72. The van der Waals surface area contributed by atoms with E-state index in [4.69, 9.17) is 11.6 Å². The molecule has 0 bridgehead atoms. The van der Waals surface area contributed by atoms with Crippen molar-refractivity contribution in [2.24, 2.45) is 0 Å². The SMILES string of the molecule is CN1CCN(C(C=O)Cn2cc(C(=O)N3CCC(c4ccccc4F)CC3)c3ccc(Cl)cc32)CC1. The van der Waals surface area contributed by atoms with Gasteiger partial charge in [-0.25, -0.2) is 4.39 Å². The molecule has 190 valence electrons. The van der Waals surface area contributed by atoms with E-state index >= 15 is 0 Å². The van der Waals surface area contributed by atoms with Crippen LogP contribution in [0.3, 0.4) is 0 Å². The Bertz CT molecular complexity index is 1250. The van der Waals surface area contributed by atoms with Crippen LogP contribution in [0.2, 0.25) is 5.02 Å². The number of benzene rings is 2. The van der Waals surface area contributed by atoms with Crippen LogP contribution in [-0.2, 0) is 11.3 Å². The average molecular weight is 511 g/mol. The van der Waals surface area contributed by atoms with Crippen molar-refractivity contribution in [3.8, 4) is 0 Å². The topological polar surface area (TPSA) is 48.8 Å². The van der Waals surface area contributed by atoms with E-state index in [9.17, 15) is 14.0 Å². The molecule has 0 aliphatic carbocycles. The van der Waals surface area contributed by atoms with Crippen LogP contribution in [0.5, 0.6) is 0 Å². The molecule has 3 heterocycles. The number of nitrogens with zero attached hydrogens (tertiary/aromatic N) is 4. The summed E-state index contributed by atoms with van der Waals surface area (Å²) in [7, 11) is 2.09. The van der Waals surface area contributed by atoms with Crippen molar-refractivity contribution in [1.29, 1.82) is 0 Å². The summed E-state index contributed by atoms with van der Waals surface area (Å²) in [6.07, 6.45) is 4.34. The molecule has 1 unspecified atom stereocenters. The molecule has 3 aromatic rings. The summed E-state index contributed by atoms with van der Waals surface area (Å²) >= 11 is 6.33. The molecule has 2 fully saturated rings. The average Bonchev–Trinajstić information content (AvgIpc) is 3.25. The van der Waals surface area contributed by atoms with Gasteiger partial charge in [0.15, 0.2) is 0 Å². The van der Waals surface area contributed by atoms with E-state index in [0.29, 0.717) is 30.2 Å². The molecule has 0 N–H and O–H groups in total. The standard InChI is InChI=1S/C28H32ClFN4O2/c1-31-12-14-32(15-13-31)22(19-35)17-34-18-25(24-7-6-21(29)16-27(24)34)28(36)33-10-8-20(9-11-33)23-4-2-3-5-26(23)30/h2-7,16,18-20,22H,8-15,17H2,1H3. The molecule has 2 saturated heterocycles. The highest BCUT2D eigenvalue weighted by molar-refractivity contribution is 6.31. The minimum atomic E-state index is -0.271. The van der Waals surface area contributed by atoms with Crippen molar-refractivity contribution in [2.75, 3.05) is 46.3 Å². The largest absolute Gasteiger partial charge is 0.345 e. The number of hydrogen-bond donors (Lipinski definition) is 0. The van der Waals surface area contributed by atoms with Gasteiger partial charge < -0.3 is 19.2 Å². The Balaban J connectivity index is 1.36. The highest BCUT2D eigenvalue weighted by atomic mass is 35.5. The number of aldehydes is 1. The number of likely N-dealkylation sites (tertiary alicyclic amines) is 1. The zero-order chi connectivity index (χ0) is 25.2. The van der Waals surface area contributed by atoms with Gasteiger partial charge in [0, 0.05) is 62.4 Å². The fraction of sp³-hybridized carbons (Fsp3) is 0.429. The first kappa shape index (κ1) is 24.9. The molecule has 2 aliphatic rings. The van der Waals surface area contributed by atoms with Gasteiger partial charge in [-0.05, 0) is 49.6 Å². The Hall–Kier alpha value is -2.74. The van der Waals surface area contributed by atoms with Crippen molar-refractivity contribution < 1.29 is 14.0 Å². The molecule has 1 aromatic heterocycles. The van der Waals surface area contributed by atoms with Crippen LogP contribution < -0.4 is 0 Å². The van der Waals surface area contributed by atoms with Gasteiger partial charge in [-0.1, -0.05) is 35.9 Å². The van der Waals surface area contributed by atoms with Gasteiger partial charge in [-0.3, -0.25) is 9.69 Å². The maximum absolute atomic E-state index is 14.3. The number of carbonyl (C=O) groups is 2. The Morgan fingerprint density at radius 3 is 2.50 bits per heavy atom. The lowest BCUT2D eigenvalue weighted by Gasteiger charge is -2.35. The number of halogens is 2. The number of amides is 1. The Morgan fingerprint density at radius 1 is 1.08 bits per heavy atom. The first-order valence-corrected chi connectivity index (χ1v) is 13.0. The second-order valence-electron chi connectivity index (χ2n) is 9.99. The summed E-state index contributed by atoms with van der Waals surface area (Å²) in [5, 5.41) is 1.43. The van der Waals surface area contributed by atoms with E-state index in [2.05, 4.69) is 16.8 Å². The third-order valence-electron chi connectivity index (χ3n) is 7.75. The Labute approximate surface area is 216 Å². The van der Waals surface area contributed by atoms with E-state index in [1.54, 1.807) is 12.1 Å². The molecule has 0 radical (unpaired) electrons. The van der Waals surface area contributed by atoms with E-state index < -0.39 is 0 Å². The van der Waals surface area contributed by atoms with Gasteiger partial charge in [0.1, 0.15) is 12.1 Å². The quantitative estimate of drug-likeness (QED) is 0.465. The third-order valence-corrected chi connectivity index (χ3v) is 7.98. The maximum atomic E-state index is 14.3. The molecule has 6 nitrogen and oxygen atoms in total. The monoisotopic (exact) mass is 510 g/mol.